The van der Waals surface area contributed by atoms with Gasteiger partial charge >= 0.3 is 5.97 Å². The molecule has 1 heterocycles. The van der Waals surface area contributed by atoms with Crippen LogP contribution in [0.15, 0.2) is 12.1 Å². The number of fused-ring (bicyclic) bond motifs is 1. The van der Waals surface area contributed by atoms with Gasteiger partial charge < -0.3 is 14.9 Å². The molecule has 1 aromatic carbocycles. The second kappa shape index (κ2) is 5.61. The van der Waals surface area contributed by atoms with Crippen LogP contribution in [0.25, 0.3) is 0 Å². The van der Waals surface area contributed by atoms with E-state index in [-0.39, 0.29) is 0 Å². The van der Waals surface area contributed by atoms with Crippen LogP contribution in [0.1, 0.15) is 41.9 Å². The summed E-state index contributed by atoms with van der Waals surface area (Å²) in [5.74, 6) is 0.670. The minimum atomic E-state index is -0.937. The third-order valence-corrected chi connectivity index (χ3v) is 4.41. The lowest BCUT2D eigenvalue weighted by atomic mass is 10.1. The summed E-state index contributed by atoms with van der Waals surface area (Å²) >= 11 is 0. The molecule has 1 aliphatic carbocycles. The van der Waals surface area contributed by atoms with E-state index in [2.05, 4.69) is 5.10 Å². The first-order chi connectivity index (χ1) is 10.9. The molecule has 0 saturated carbocycles. The lowest BCUT2D eigenvalue weighted by Gasteiger charge is -2.13. The fourth-order valence-corrected chi connectivity index (χ4v) is 3.14. The molecule has 0 amide bonds. The first-order valence-electron chi connectivity index (χ1n) is 7.70. The van der Waals surface area contributed by atoms with E-state index in [0.717, 1.165) is 30.4 Å². The summed E-state index contributed by atoms with van der Waals surface area (Å²) in [5, 5.41) is 23.4. The highest BCUT2D eigenvalue weighted by atomic mass is 16.5. The molecule has 6 heteroatoms. The van der Waals surface area contributed by atoms with Crippen molar-refractivity contribution in [1.29, 1.82) is 0 Å². The number of aromatic nitrogens is 2. The van der Waals surface area contributed by atoms with E-state index in [1.165, 1.54) is 4.68 Å². The normalized spacial score (nSPS) is 14.6. The number of aliphatic carboxylic acids is 1. The number of benzene rings is 1. The smallest absolute Gasteiger partial charge is 0.328 e. The zero-order chi connectivity index (χ0) is 16.7. The van der Waals surface area contributed by atoms with Crippen molar-refractivity contribution in [2.75, 3.05) is 0 Å². The highest BCUT2D eigenvalue weighted by molar-refractivity contribution is 5.71. The number of aryl methyl sites for hydroxylation is 1. The number of hydrogen-bond donors (Lipinski definition) is 2. The van der Waals surface area contributed by atoms with Gasteiger partial charge in [0.1, 0.15) is 23.2 Å². The first-order valence-corrected chi connectivity index (χ1v) is 7.70. The van der Waals surface area contributed by atoms with Gasteiger partial charge in [-0.25, -0.2) is 4.79 Å². The standard InChI is InChI=1S/C17H20N2O4/c1-9-16(10(2)19(18-9)11(3)17(21)22)23-15-8-7-14(20)12-5-4-6-13(12)15/h7-8,11,20H,4-6H2,1-3H3,(H,21,22). The predicted molar refractivity (Wildman–Crippen MR) is 84.3 cm³/mol. The number of ether oxygens (including phenoxy) is 1. The van der Waals surface area contributed by atoms with Crippen LogP contribution in [0.5, 0.6) is 17.2 Å². The Morgan fingerprint density at radius 2 is 2.00 bits per heavy atom. The Hall–Kier alpha value is -2.50. The SMILES string of the molecule is Cc1nn(C(C)C(=O)O)c(C)c1Oc1ccc(O)c2c1CCC2. The summed E-state index contributed by atoms with van der Waals surface area (Å²) in [5.41, 5.74) is 3.31. The van der Waals surface area contributed by atoms with Crippen molar-refractivity contribution >= 4 is 5.97 Å². The van der Waals surface area contributed by atoms with Crippen molar-refractivity contribution in [3.8, 4) is 17.2 Å². The average Bonchev–Trinajstić information content (AvgIpc) is 3.09. The molecule has 0 saturated heterocycles. The Morgan fingerprint density at radius 3 is 2.70 bits per heavy atom. The van der Waals surface area contributed by atoms with Gasteiger partial charge in [-0.3, -0.25) is 4.68 Å². The summed E-state index contributed by atoms with van der Waals surface area (Å²) in [4.78, 5) is 11.2. The van der Waals surface area contributed by atoms with Crippen LogP contribution in [-0.4, -0.2) is 26.0 Å². The number of carboxylic acids is 1. The zero-order valence-corrected chi connectivity index (χ0v) is 13.5. The number of carbonyl (C=O) groups is 1. The Bertz CT molecular complexity index is 779. The van der Waals surface area contributed by atoms with Crippen LogP contribution in [0.3, 0.4) is 0 Å². The monoisotopic (exact) mass is 316 g/mol. The van der Waals surface area contributed by atoms with E-state index in [9.17, 15) is 15.0 Å². The van der Waals surface area contributed by atoms with E-state index in [1.54, 1.807) is 32.9 Å². The Balaban J connectivity index is 1.99. The second-order valence-electron chi connectivity index (χ2n) is 5.95. The van der Waals surface area contributed by atoms with Crippen LogP contribution in [0, 0.1) is 13.8 Å². The minimum Gasteiger partial charge on any atom is -0.508 e. The van der Waals surface area contributed by atoms with Crippen molar-refractivity contribution in [3.05, 3.63) is 34.6 Å². The van der Waals surface area contributed by atoms with Crippen molar-refractivity contribution in [2.45, 2.75) is 46.1 Å². The molecule has 0 aliphatic heterocycles. The van der Waals surface area contributed by atoms with E-state index in [1.807, 2.05) is 0 Å². The number of hydrogen-bond acceptors (Lipinski definition) is 4. The summed E-state index contributed by atoms with van der Waals surface area (Å²) in [7, 11) is 0. The number of aromatic hydroxyl groups is 1. The quantitative estimate of drug-likeness (QED) is 0.905. The molecule has 0 bridgehead atoms. The highest BCUT2D eigenvalue weighted by Crippen LogP contribution is 2.39. The molecular weight excluding hydrogens is 296 g/mol. The molecule has 122 valence electrons. The summed E-state index contributed by atoms with van der Waals surface area (Å²) in [6.45, 7) is 5.19. The molecule has 6 nitrogen and oxygen atoms in total. The number of phenols is 1. The molecule has 0 radical (unpaired) electrons. The maximum Gasteiger partial charge on any atom is 0.328 e. The van der Waals surface area contributed by atoms with Gasteiger partial charge in [-0.15, -0.1) is 0 Å². The fourth-order valence-electron chi connectivity index (χ4n) is 3.14. The van der Waals surface area contributed by atoms with Crippen LogP contribution in [0.2, 0.25) is 0 Å². The van der Waals surface area contributed by atoms with Crippen molar-refractivity contribution in [3.63, 3.8) is 0 Å². The summed E-state index contributed by atoms with van der Waals surface area (Å²) in [6.07, 6.45) is 2.72. The average molecular weight is 316 g/mol. The number of carboxylic acid groups (broad SMARTS) is 1. The van der Waals surface area contributed by atoms with Gasteiger partial charge in [0, 0.05) is 11.1 Å². The minimum absolute atomic E-state index is 0.313. The molecule has 2 N–H and O–H groups in total. The molecule has 2 aromatic rings. The van der Waals surface area contributed by atoms with E-state index >= 15 is 0 Å². The molecular formula is C17H20N2O4. The van der Waals surface area contributed by atoms with Crippen molar-refractivity contribution < 1.29 is 19.7 Å². The van der Waals surface area contributed by atoms with E-state index in [4.69, 9.17) is 4.74 Å². The summed E-state index contributed by atoms with van der Waals surface area (Å²) < 4.78 is 7.53. The Morgan fingerprint density at radius 1 is 1.30 bits per heavy atom. The number of rotatable bonds is 4. The van der Waals surface area contributed by atoms with Gasteiger partial charge in [0.2, 0.25) is 0 Å². The molecule has 0 fully saturated rings. The highest BCUT2D eigenvalue weighted by Gasteiger charge is 2.24. The molecule has 1 unspecified atom stereocenters. The zero-order valence-electron chi connectivity index (χ0n) is 13.5. The molecule has 3 rings (SSSR count). The maximum atomic E-state index is 11.2. The van der Waals surface area contributed by atoms with E-state index < -0.39 is 12.0 Å². The Labute approximate surface area is 134 Å². The van der Waals surface area contributed by atoms with Crippen LogP contribution in [0.4, 0.5) is 0 Å². The second-order valence-corrected chi connectivity index (χ2v) is 5.95. The molecule has 1 aliphatic rings. The van der Waals surface area contributed by atoms with Crippen molar-refractivity contribution in [2.24, 2.45) is 0 Å². The number of phenolic OH excluding ortho intramolecular Hbond substituents is 1. The molecule has 1 atom stereocenters. The van der Waals surface area contributed by atoms with Gasteiger partial charge in [0.25, 0.3) is 0 Å². The third kappa shape index (κ3) is 2.54. The van der Waals surface area contributed by atoms with Crippen LogP contribution >= 0.6 is 0 Å². The Kier molecular flexibility index (Phi) is 3.75. The molecule has 1 aromatic heterocycles. The largest absolute Gasteiger partial charge is 0.508 e. The molecule has 23 heavy (non-hydrogen) atoms. The van der Waals surface area contributed by atoms with Gasteiger partial charge in [-0.2, -0.15) is 5.10 Å². The number of nitrogens with zero attached hydrogens (tertiary/aromatic N) is 2. The van der Waals surface area contributed by atoms with Gasteiger partial charge in [0.15, 0.2) is 5.75 Å². The van der Waals surface area contributed by atoms with Gasteiger partial charge in [-0.1, -0.05) is 0 Å². The van der Waals surface area contributed by atoms with Crippen LogP contribution in [-0.2, 0) is 17.6 Å². The maximum absolute atomic E-state index is 11.2. The van der Waals surface area contributed by atoms with Gasteiger partial charge in [-0.05, 0) is 52.2 Å². The third-order valence-electron chi connectivity index (χ3n) is 4.41. The lowest BCUT2D eigenvalue weighted by molar-refractivity contribution is -0.140. The predicted octanol–water partition coefficient (Wildman–Crippen LogP) is 3.13. The summed E-state index contributed by atoms with van der Waals surface area (Å²) in [6, 6.07) is 2.65. The topological polar surface area (TPSA) is 84.6 Å². The van der Waals surface area contributed by atoms with E-state index in [0.29, 0.717) is 28.6 Å². The molecule has 0 spiro atoms. The van der Waals surface area contributed by atoms with Crippen LogP contribution < -0.4 is 4.74 Å². The lowest BCUT2D eigenvalue weighted by Crippen LogP contribution is -2.18. The first kappa shape index (κ1) is 15.4. The van der Waals surface area contributed by atoms with Gasteiger partial charge in [0.05, 0.1) is 5.69 Å². The fraction of sp³-hybridized carbons (Fsp3) is 0.412. The van der Waals surface area contributed by atoms with Crippen molar-refractivity contribution in [1.82, 2.24) is 9.78 Å².